The van der Waals surface area contributed by atoms with Crippen molar-refractivity contribution >= 4 is 12.1 Å². The van der Waals surface area contributed by atoms with E-state index < -0.39 is 23.7 Å². The molecule has 0 aliphatic heterocycles. The van der Waals surface area contributed by atoms with Gasteiger partial charge in [0.15, 0.2) is 5.82 Å². The number of rotatable bonds is 4. The molecule has 0 aliphatic carbocycles. The number of nitrogens with zero attached hydrogens (tertiary/aromatic N) is 4. The Hall–Kier alpha value is -2.19. The van der Waals surface area contributed by atoms with Crippen LogP contribution in [0, 0.1) is 0 Å². The SMILES string of the molecule is Cn1nnc([C@H](CC(=O)O)NC(=O)OC(C)(C)C)n1. The van der Waals surface area contributed by atoms with Crippen LogP contribution in [-0.2, 0) is 16.6 Å². The molecule has 1 heterocycles. The summed E-state index contributed by atoms with van der Waals surface area (Å²) in [6, 6.07) is -0.888. The molecule has 2 N–H and O–H groups in total. The second kappa shape index (κ2) is 5.63. The van der Waals surface area contributed by atoms with E-state index in [1.807, 2.05) is 0 Å². The molecule has 0 aromatic carbocycles. The molecule has 9 heteroatoms. The van der Waals surface area contributed by atoms with Gasteiger partial charge in [-0.15, -0.1) is 10.2 Å². The lowest BCUT2D eigenvalue weighted by molar-refractivity contribution is -0.137. The highest BCUT2D eigenvalue weighted by Gasteiger charge is 2.25. The average Bonchev–Trinajstić information content (AvgIpc) is 2.60. The van der Waals surface area contributed by atoms with Gasteiger partial charge in [-0.2, -0.15) is 4.80 Å². The van der Waals surface area contributed by atoms with Gasteiger partial charge in [0.2, 0.25) is 0 Å². The molecule has 19 heavy (non-hydrogen) atoms. The predicted octanol–water partition coefficient (Wildman–Crippen LogP) is 0.251. The number of nitrogens with one attached hydrogen (secondary N) is 1. The molecule has 106 valence electrons. The van der Waals surface area contributed by atoms with Crippen LogP contribution in [0.4, 0.5) is 4.79 Å². The highest BCUT2D eigenvalue weighted by Crippen LogP contribution is 2.13. The molecule has 1 aromatic heterocycles. The third-order valence-corrected chi connectivity index (χ3v) is 1.91. The van der Waals surface area contributed by atoms with Crippen LogP contribution in [0.5, 0.6) is 0 Å². The Kier molecular flexibility index (Phi) is 4.41. The topological polar surface area (TPSA) is 119 Å². The third-order valence-electron chi connectivity index (χ3n) is 1.91. The molecule has 0 fully saturated rings. The number of amides is 1. The second-order valence-electron chi connectivity index (χ2n) is 4.93. The number of carboxylic acid groups (broad SMARTS) is 1. The Bertz CT molecular complexity index is 465. The van der Waals surface area contributed by atoms with Gasteiger partial charge in [-0.25, -0.2) is 4.79 Å². The van der Waals surface area contributed by atoms with E-state index in [1.165, 1.54) is 4.80 Å². The maximum atomic E-state index is 11.6. The molecule has 0 saturated heterocycles. The van der Waals surface area contributed by atoms with Crippen molar-refractivity contribution in [3.8, 4) is 0 Å². The van der Waals surface area contributed by atoms with Crippen molar-refractivity contribution in [3.05, 3.63) is 5.82 Å². The maximum Gasteiger partial charge on any atom is 0.408 e. The highest BCUT2D eigenvalue weighted by atomic mass is 16.6. The zero-order chi connectivity index (χ0) is 14.6. The molecule has 0 radical (unpaired) electrons. The maximum absolute atomic E-state index is 11.6. The van der Waals surface area contributed by atoms with Crippen LogP contribution in [0.3, 0.4) is 0 Å². The molecule has 1 amide bonds. The third kappa shape index (κ3) is 5.32. The lowest BCUT2D eigenvalue weighted by atomic mass is 10.2. The average molecular weight is 271 g/mol. The number of carbonyl (C=O) groups excluding carboxylic acids is 1. The van der Waals surface area contributed by atoms with E-state index >= 15 is 0 Å². The van der Waals surface area contributed by atoms with E-state index in [0.717, 1.165) is 0 Å². The Morgan fingerprint density at radius 3 is 2.53 bits per heavy atom. The first-order chi connectivity index (χ1) is 8.67. The first kappa shape index (κ1) is 14.9. The van der Waals surface area contributed by atoms with Crippen molar-refractivity contribution in [1.82, 2.24) is 25.5 Å². The molecular formula is C10H17N5O4. The molecule has 0 unspecified atom stereocenters. The van der Waals surface area contributed by atoms with E-state index in [1.54, 1.807) is 27.8 Å². The zero-order valence-electron chi connectivity index (χ0n) is 11.2. The molecule has 0 saturated carbocycles. The fraction of sp³-hybridized carbons (Fsp3) is 0.700. The number of tetrazole rings is 1. The van der Waals surface area contributed by atoms with E-state index in [2.05, 4.69) is 20.7 Å². The summed E-state index contributed by atoms with van der Waals surface area (Å²) < 4.78 is 5.05. The predicted molar refractivity (Wildman–Crippen MR) is 63.2 cm³/mol. The van der Waals surface area contributed by atoms with E-state index in [9.17, 15) is 9.59 Å². The smallest absolute Gasteiger partial charge is 0.408 e. The van der Waals surface area contributed by atoms with Crippen molar-refractivity contribution < 1.29 is 19.4 Å². The Morgan fingerprint density at radius 1 is 1.47 bits per heavy atom. The van der Waals surface area contributed by atoms with E-state index in [-0.39, 0.29) is 12.2 Å². The fourth-order valence-electron chi connectivity index (χ4n) is 1.27. The van der Waals surface area contributed by atoms with Crippen LogP contribution in [0.15, 0.2) is 0 Å². The van der Waals surface area contributed by atoms with Crippen LogP contribution in [0.1, 0.15) is 39.1 Å². The van der Waals surface area contributed by atoms with Gasteiger partial charge in [0.25, 0.3) is 0 Å². The first-order valence-electron chi connectivity index (χ1n) is 5.62. The van der Waals surface area contributed by atoms with Crippen molar-refractivity contribution in [2.75, 3.05) is 0 Å². The van der Waals surface area contributed by atoms with Crippen molar-refractivity contribution in [3.63, 3.8) is 0 Å². The van der Waals surface area contributed by atoms with Gasteiger partial charge >= 0.3 is 12.1 Å². The summed E-state index contributed by atoms with van der Waals surface area (Å²) in [6.45, 7) is 5.12. The summed E-state index contributed by atoms with van der Waals surface area (Å²) in [5.41, 5.74) is -0.673. The number of carboxylic acids is 1. The lowest BCUT2D eigenvalue weighted by Crippen LogP contribution is -2.36. The standard InChI is InChI=1S/C10H17N5O4/c1-10(2,3)19-9(18)11-6(5-7(16)17)8-12-14-15(4)13-8/h6H,5H2,1-4H3,(H,11,18)(H,16,17)/t6-/m0/s1. The van der Waals surface area contributed by atoms with Gasteiger partial charge in [-0.3, -0.25) is 4.79 Å². The van der Waals surface area contributed by atoms with Gasteiger partial charge in [0, 0.05) is 0 Å². The largest absolute Gasteiger partial charge is 0.481 e. The van der Waals surface area contributed by atoms with Gasteiger partial charge in [-0.05, 0) is 26.0 Å². The molecule has 0 bridgehead atoms. The summed E-state index contributed by atoms with van der Waals surface area (Å²) in [5, 5.41) is 22.4. The van der Waals surface area contributed by atoms with Crippen LogP contribution in [0.2, 0.25) is 0 Å². The van der Waals surface area contributed by atoms with Crippen LogP contribution in [-0.4, -0.2) is 43.0 Å². The highest BCUT2D eigenvalue weighted by molar-refractivity contribution is 5.71. The monoisotopic (exact) mass is 271 g/mol. The quantitative estimate of drug-likeness (QED) is 0.805. The summed E-state index contributed by atoms with van der Waals surface area (Å²) in [4.78, 5) is 23.6. The molecule has 9 nitrogen and oxygen atoms in total. The molecule has 0 spiro atoms. The number of aryl methyl sites for hydroxylation is 1. The van der Waals surface area contributed by atoms with Crippen LogP contribution in [0.25, 0.3) is 0 Å². The molecule has 0 aliphatic rings. The van der Waals surface area contributed by atoms with Crippen molar-refractivity contribution in [2.45, 2.75) is 38.8 Å². The number of alkyl carbamates (subject to hydrolysis) is 1. The molecule has 1 rings (SSSR count). The van der Waals surface area contributed by atoms with E-state index in [0.29, 0.717) is 0 Å². The molecular weight excluding hydrogens is 254 g/mol. The molecule has 1 aromatic rings. The van der Waals surface area contributed by atoms with Crippen LogP contribution < -0.4 is 5.32 Å². The minimum Gasteiger partial charge on any atom is -0.481 e. The number of aromatic nitrogens is 4. The van der Waals surface area contributed by atoms with E-state index in [4.69, 9.17) is 9.84 Å². The Morgan fingerprint density at radius 2 is 2.11 bits per heavy atom. The summed E-state index contributed by atoms with van der Waals surface area (Å²) >= 11 is 0. The second-order valence-corrected chi connectivity index (χ2v) is 4.93. The van der Waals surface area contributed by atoms with Gasteiger partial charge in [0.1, 0.15) is 11.6 Å². The Balaban J connectivity index is 2.76. The summed E-state index contributed by atoms with van der Waals surface area (Å²) in [6.07, 6.45) is -1.09. The molecule has 1 atom stereocenters. The number of carbonyl (C=O) groups is 2. The number of ether oxygens (including phenoxy) is 1. The van der Waals surface area contributed by atoms with Crippen molar-refractivity contribution in [1.29, 1.82) is 0 Å². The lowest BCUT2D eigenvalue weighted by Gasteiger charge is -2.21. The first-order valence-corrected chi connectivity index (χ1v) is 5.62. The number of hydrogen-bond acceptors (Lipinski definition) is 6. The Labute approximate surface area is 109 Å². The van der Waals surface area contributed by atoms with Gasteiger partial charge in [-0.1, -0.05) is 0 Å². The van der Waals surface area contributed by atoms with Gasteiger partial charge < -0.3 is 15.2 Å². The normalized spacial score (nSPS) is 12.8. The van der Waals surface area contributed by atoms with Gasteiger partial charge in [0.05, 0.1) is 13.5 Å². The summed E-state index contributed by atoms with van der Waals surface area (Å²) in [5.74, 6) is -0.968. The van der Waals surface area contributed by atoms with Crippen molar-refractivity contribution in [2.24, 2.45) is 7.05 Å². The minimum absolute atomic E-state index is 0.121. The number of hydrogen-bond donors (Lipinski definition) is 2. The minimum atomic E-state index is -1.09. The number of aliphatic carboxylic acids is 1. The zero-order valence-corrected chi connectivity index (χ0v) is 11.2. The van der Waals surface area contributed by atoms with Crippen LogP contribution >= 0.6 is 0 Å². The fourth-order valence-corrected chi connectivity index (χ4v) is 1.27. The summed E-state index contributed by atoms with van der Waals surface area (Å²) in [7, 11) is 1.54.